The molecule has 1 aromatic heterocycles. The van der Waals surface area contributed by atoms with Crippen molar-refractivity contribution in [2.24, 2.45) is 0 Å². The lowest BCUT2D eigenvalue weighted by Gasteiger charge is -2.14. The highest BCUT2D eigenvalue weighted by Crippen LogP contribution is 2.28. The first-order valence-electron chi connectivity index (χ1n) is 11.4. The Morgan fingerprint density at radius 1 is 0.939 bits per heavy atom. The molecule has 0 aliphatic rings. The molecule has 33 heavy (non-hydrogen) atoms. The smallest absolute Gasteiger partial charge is 0.170 e. The van der Waals surface area contributed by atoms with Crippen LogP contribution in [0.3, 0.4) is 0 Å². The van der Waals surface area contributed by atoms with Crippen LogP contribution in [0.1, 0.15) is 41.9 Å². The lowest BCUT2D eigenvalue weighted by Crippen LogP contribution is -2.30. The Kier molecular flexibility index (Phi) is 8.72. The third-order valence-electron chi connectivity index (χ3n) is 5.38. The maximum absolute atomic E-state index is 5.72. The van der Waals surface area contributed by atoms with Gasteiger partial charge in [0.05, 0.1) is 36.8 Å². The summed E-state index contributed by atoms with van der Waals surface area (Å²) in [5.41, 5.74) is 6.59. The number of benzene rings is 2. The van der Waals surface area contributed by atoms with E-state index in [1.54, 1.807) is 0 Å². The van der Waals surface area contributed by atoms with Gasteiger partial charge in [0.25, 0.3) is 0 Å². The van der Waals surface area contributed by atoms with Crippen LogP contribution >= 0.6 is 12.2 Å². The van der Waals surface area contributed by atoms with Gasteiger partial charge in [0.15, 0.2) is 16.6 Å². The van der Waals surface area contributed by atoms with E-state index in [9.17, 15) is 0 Å². The van der Waals surface area contributed by atoms with Gasteiger partial charge in [-0.05, 0) is 76.5 Å². The number of nitrogens with one attached hydrogen (secondary N) is 2. The molecule has 0 spiro atoms. The van der Waals surface area contributed by atoms with Crippen LogP contribution in [0.15, 0.2) is 42.5 Å². The van der Waals surface area contributed by atoms with Crippen LogP contribution in [0.2, 0.25) is 0 Å². The summed E-state index contributed by atoms with van der Waals surface area (Å²) in [6, 6.07) is 14.6. The van der Waals surface area contributed by atoms with E-state index in [1.807, 2.05) is 37.6 Å². The molecule has 1 heterocycles. The summed E-state index contributed by atoms with van der Waals surface area (Å²) >= 11 is 5.54. The minimum atomic E-state index is 0.590. The number of anilines is 1. The van der Waals surface area contributed by atoms with Gasteiger partial charge in [0.2, 0.25) is 0 Å². The van der Waals surface area contributed by atoms with Crippen LogP contribution in [0.25, 0.3) is 0 Å². The Balaban J connectivity index is 1.56. The second-order valence-electron chi connectivity index (χ2n) is 7.97. The van der Waals surface area contributed by atoms with E-state index in [2.05, 4.69) is 54.8 Å². The minimum absolute atomic E-state index is 0.590. The SMILES string of the molecule is CCOc1ccc(CCNC(=S)Nc2c(C)nn(Cc3ccc(C)cc3)c2C)cc1OCC. The zero-order chi connectivity index (χ0) is 23.8. The standard InChI is InChI=1S/C26H34N4O2S/c1-6-31-23-13-12-21(16-24(23)32-7-2)14-15-27-26(33)28-25-19(4)29-30(20(25)5)17-22-10-8-18(3)9-11-22/h8-13,16H,6-7,14-15,17H2,1-5H3,(H2,27,28,33). The zero-order valence-electron chi connectivity index (χ0n) is 20.2. The number of rotatable bonds is 10. The number of aryl methyl sites for hydroxylation is 2. The molecule has 0 bridgehead atoms. The summed E-state index contributed by atoms with van der Waals surface area (Å²) in [4.78, 5) is 0. The van der Waals surface area contributed by atoms with Crippen LogP contribution in [-0.2, 0) is 13.0 Å². The second-order valence-corrected chi connectivity index (χ2v) is 8.38. The molecule has 6 nitrogen and oxygen atoms in total. The molecule has 176 valence electrons. The van der Waals surface area contributed by atoms with E-state index in [1.165, 1.54) is 11.1 Å². The summed E-state index contributed by atoms with van der Waals surface area (Å²) in [6.45, 7) is 12.8. The zero-order valence-corrected chi connectivity index (χ0v) is 21.0. The summed E-state index contributed by atoms with van der Waals surface area (Å²) in [7, 11) is 0. The van der Waals surface area contributed by atoms with Crippen molar-refractivity contribution in [2.45, 2.75) is 47.6 Å². The van der Waals surface area contributed by atoms with Gasteiger partial charge in [-0.3, -0.25) is 4.68 Å². The van der Waals surface area contributed by atoms with Crippen LogP contribution in [-0.4, -0.2) is 34.7 Å². The van der Waals surface area contributed by atoms with Crippen molar-refractivity contribution < 1.29 is 9.47 Å². The molecule has 0 unspecified atom stereocenters. The summed E-state index contributed by atoms with van der Waals surface area (Å²) in [6.07, 6.45) is 0.818. The molecule has 0 radical (unpaired) electrons. The molecule has 0 saturated carbocycles. The van der Waals surface area contributed by atoms with Crippen molar-refractivity contribution in [3.63, 3.8) is 0 Å². The molecule has 0 aliphatic carbocycles. The number of aromatic nitrogens is 2. The van der Waals surface area contributed by atoms with E-state index in [0.717, 1.165) is 47.1 Å². The fourth-order valence-corrected chi connectivity index (χ4v) is 3.83. The number of hydrogen-bond donors (Lipinski definition) is 2. The number of thiocarbonyl (C=S) groups is 1. The lowest BCUT2D eigenvalue weighted by atomic mass is 10.1. The largest absolute Gasteiger partial charge is 0.490 e. The number of nitrogens with zero attached hydrogens (tertiary/aromatic N) is 2. The maximum Gasteiger partial charge on any atom is 0.170 e. The van der Waals surface area contributed by atoms with Crippen LogP contribution in [0.5, 0.6) is 11.5 Å². The molecule has 0 fully saturated rings. The third kappa shape index (κ3) is 6.71. The van der Waals surface area contributed by atoms with Crippen LogP contribution in [0.4, 0.5) is 5.69 Å². The highest BCUT2D eigenvalue weighted by molar-refractivity contribution is 7.80. The molecule has 0 amide bonds. The molecule has 0 atom stereocenters. The fourth-order valence-electron chi connectivity index (χ4n) is 3.63. The highest BCUT2D eigenvalue weighted by Gasteiger charge is 2.13. The second kappa shape index (κ2) is 11.7. The number of ether oxygens (including phenoxy) is 2. The van der Waals surface area contributed by atoms with Crippen molar-refractivity contribution in [2.75, 3.05) is 25.1 Å². The normalized spacial score (nSPS) is 10.7. The van der Waals surface area contributed by atoms with E-state index in [4.69, 9.17) is 26.8 Å². The van der Waals surface area contributed by atoms with E-state index in [0.29, 0.717) is 24.9 Å². The molecular weight excluding hydrogens is 432 g/mol. The average Bonchev–Trinajstić information content (AvgIpc) is 3.04. The first-order valence-corrected chi connectivity index (χ1v) is 11.8. The van der Waals surface area contributed by atoms with Crippen LogP contribution < -0.4 is 20.1 Å². The fraction of sp³-hybridized carbons (Fsp3) is 0.385. The predicted molar refractivity (Wildman–Crippen MR) is 139 cm³/mol. The van der Waals surface area contributed by atoms with Gasteiger partial charge < -0.3 is 20.1 Å². The molecule has 0 saturated heterocycles. The van der Waals surface area contributed by atoms with Crippen molar-refractivity contribution in [1.82, 2.24) is 15.1 Å². The lowest BCUT2D eigenvalue weighted by molar-refractivity contribution is 0.287. The average molecular weight is 467 g/mol. The van der Waals surface area contributed by atoms with Crippen molar-refractivity contribution >= 4 is 23.0 Å². The molecule has 3 rings (SSSR count). The van der Waals surface area contributed by atoms with Gasteiger partial charge in [-0.1, -0.05) is 35.9 Å². The molecule has 3 aromatic rings. The Morgan fingerprint density at radius 2 is 1.61 bits per heavy atom. The Bertz CT molecular complexity index is 1080. The molecular formula is C26H34N4O2S. The number of hydrogen-bond acceptors (Lipinski definition) is 4. The van der Waals surface area contributed by atoms with Gasteiger partial charge in [0.1, 0.15) is 0 Å². The molecule has 7 heteroatoms. The molecule has 2 aromatic carbocycles. The van der Waals surface area contributed by atoms with E-state index < -0.39 is 0 Å². The quantitative estimate of drug-likeness (QED) is 0.401. The highest BCUT2D eigenvalue weighted by atomic mass is 32.1. The van der Waals surface area contributed by atoms with Gasteiger partial charge in [-0.15, -0.1) is 0 Å². The monoisotopic (exact) mass is 466 g/mol. The Labute approximate surface area is 202 Å². The van der Waals surface area contributed by atoms with Gasteiger partial charge in [-0.2, -0.15) is 5.10 Å². The van der Waals surface area contributed by atoms with Gasteiger partial charge in [0, 0.05) is 6.54 Å². The summed E-state index contributed by atoms with van der Waals surface area (Å²) in [5.74, 6) is 1.56. The van der Waals surface area contributed by atoms with E-state index >= 15 is 0 Å². The van der Waals surface area contributed by atoms with E-state index in [-0.39, 0.29) is 0 Å². The Hall–Kier alpha value is -3.06. The molecule has 2 N–H and O–H groups in total. The third-order valence-corrected chi connectivity index (χ3v) is 5.63. The first kappa shape index (κ1) is 24.6. The summed E-state index contributed by atoms with van der Waals surface area (Å²) in [5, 5.41) is 11.9. The van der Waals surface area contributed by atoms with Crippen molar-refractivity contribution in [3.8, 4) is 11.5 Å². The Morgan fingerprint density at radius 3 is 2.30 bits per heavy atom. The first-order chi connectivity index (χ1) is 15.9. The minimum Gasteiger partial charge on any atom is -0.490 e. The van der Waals surface area contributed by atoms with Crippen molar-refractivity contribution in [1.29, 1.82) is 0 Å². The topological polar surface area (TPSA) is 60.3 Å². The van der Waals surface area contributed by atoms with Gasteiger partial charge in [-0.25, -0.2) is 0 Å². The molecule has 0 aliphatic heterocycles. The summed E-state index contributed by atoms with van der Waals surface area (Å²) < 4.78 is 13.4. The predicted octanol–water partition coefficient (Wildman–Crippen LogP) is 5.18. The van der Waals surface area contributed by atoms with Crippen molar-refractivity contribution in [3.05, 3.63) is 70.5 Å². The van der Waals surface area contributed by atoms with Gasteiger partial charge >= 0.3 is 0 Å². The maximum atomic E-state index is 5.72. The van der Waals surface area contributed by atoms with Crippen LogP contribution in [0, 0.1) is 20.8 Å².